The van der Waals surface area contributed by atoms with Crippen molar-refractivity contribution in [2.75, 3.05) is 19.0 Å². The van der Waals surface area contributed by atoms with E-state index in [1.54, 1.807) is 11.8 Å². The fourth-order valence-electron chi connectivity index (χ4n) is 1.44. The third kappa shape index (κ3) is 1.09. The first-order valence-electron chi connectivity index (χ1n) is 4.19. The lowest BCUT2D eigenvalue weighted by Crippen LogP contribution is -2.35. The van der Waals surface area contributed by atoms with Crippen LogP contribution in [0, 0.1) is 0 Å². The highest BCUT2D eigenvalue weighted by molar-refractivity contribution is 8.14. The molecular formula is C7H9N5S. The first-order valence-corrected chi connectivity index (χ1v) is 5.17. The van der Waals surface area contributed by atoms with Crippen molar-refractivity contribution in [2.45, 2.75) is 0 Å². The average Bonchev–Trinajstić information content (AvgIpc) is 2.61. The number of thioether (sulfide) groups is 1. The summed E-state index contributed by atoms with van der Waals surface area (Å²) in [5.74, 6) is 1.98. The number of rotatable bonds is 0. The number of fused-ring (bicyclic) bond motifs is 2. The molecule has 3 rings (SSSR count). The molecule has 68 valence electrons. The van der Waals surface area contributed by atoms with Gasteiger partial charge < -0.3 is 5.32 Å². The third-order valence-corrected chi connectivity index (χ3v) is 3.03. The van der Waals surface area contributed by atoms with Gasteiger partial charge >= 0.3 is 0 Å². The molecule has 0 atom stereocenters. The van der Waals surface area contributed by atoms with Crippen molar-refractivity contribution in [3.8, 4) is 0 Å². The number of amidine groups is 1. The van der Waals surface area contributed by atoms with Crippen LogP contribution in [0.4, 0.5) is 0 Å². The van der Waals surface area contributed by atoms with Crippen LogP contribution in [-0.4, -0.2) is 34.9 Å². The summed E-state index contributed by atoms with van der Waals surface area (Å²) in [4.78, 5) is 0. The van der Waals surface area contributed by atoms with Gasteiger partial charge in [0.15, 0.2) is 5.84 Å². The Morgan fingerprint density at radius 3 is 3.54 bits per heavy atom. The van der Waals surface area contributed by atoms with E-state index < -0.39 is 0 Å². The zero-order chi connectivity index (χ0) is 8.67. The van der Waals surface area contributed by atoms with Crippen molar-refractivity contribution in [1.82, 2.24) is 15.8 Å². The zero-order valence-electron chi connectivity index (χ0n) is 6.95. The van der Waals surface area contributed by atoms with Crippen LogP contribution >= 0.6 is 11.8 Å². The summed E-state index contributed by atoms with van der Waals surface area (Å²) < 4.78 is 0. The molecule has 0 aromatic carbocycles. The maximum absolute atomic E-state index is 4.45. The van der Waals surface area contributed by atoms with Gasteiger partial charge in [-0.05, 0) is 0 Å². The van der Waals surface area contributed by atoms with Gasteiger partial charge in [0.2, 0.25) is 0 Å². The van der Waals surface area contributed by atoms with Gasteiger partial charge in [0.1, 0.15) is 11.7 Å². The van der Waals surface area contributed by atoms with E-state index in [0.717, 1.165) is 28.9 Å². The molecule has 5 nitrogen and oxygen atoms in total. The molecule has 0 aliphatic carbocycles. The summed E-state index contributed by atoms with van der Waals surface area (Å²) in [6.45, 7) is 1.69. The van der Waals surface area contributed by atoms with Crippen molar-refractivity contribution in [1.29, 1.82) is 0 Å². The Balaban J connectivity index is 1.98. The maximum atomic E-state index is 4.45. The number of hydrogen-bond acceptors (Lipinski definition) is 6. The highest BCUT2D eigenvalue weighted by Gasteiger charge is 2.25. The monoisotopic (exact) mass is 195 g/mol. The second kappa shape index (κ2) is 2.66. The number of hydrazone groups is 2. The van der Waals surface area contributed by atoms with E-state index in [1.807, 2.05) is 11.1 Å². The van der Waals surface area contributed by atoms with E-state index >= 15 is 0 Å². The van der Waals surface area contributed by atoms with E-state index in [1.165, 1.54) is 0 Å². The van der Waals surface area contributed by atoms with Crippen LogP contribution in [0.25, 0.3) is 0 Å². The predicted molar refractivity (Wildman–Crippen MR) is 53.3 cm³/mol. The van der Waals surface area contributed by atoms with Crippen molar-refractivity contribution in [3.05, 3.63) is 11.8 Å². The summed E-state index contributed by atoms with van der Waals surface area (Å²) in [6, 6.07) is 0. The number of nitrogens with one attached hydrogen (secondary N) is 2. The van der Waals surface area contributed by atoms with E-state index in [0.29, 0.717) is 6.67 Å². The van der Waals surface area contributed by atoms with Crippen molar-refractivity contribution < 1.29 is 0 Å². The smallest absolute Gasteiger partial charge is 0.172 e. The molecule has 2 N–H and O–H groups in total. The normalized spacial score (nSPS) is 24.6. The Morgan fingerprint density at radius 2 is 2.54 bits per heavy atom. The molecule has 0 aromatic heterocycles. The van der Waals surface area contributed by atoms with Crippen LogP contribution in [0.2, 0.25) is 0 Å². The minimum atomic E-state index is 0.684. The van der Waals surface area contributed by atoms with Crippen molar-refractivity contribution >= 4 is 22.6 Å². The molecule has 0 radical (unpaired) electrons. The van der Waals surface area contributed by atoms with Crippen LogP contribution in [-0.2, 0) is 0 Å². The molecule has 3 heterocycles. The van der Waals surface area contributed by atoms with Crippen LogP contribution in [0.1, 0.15) is 0 Å². The lowest BCUT2D eigenvalue weighted by molar-refractivity contribution is 0.450. The van der Waals surface area contributed by atoms with Gasteiger partial charge in [-0.3, -0.25) is 5.43 Å². The van der Waals surface area contributed by atoms with E-state index in [2.05, 4.69) is 20.9 Å². The summed E-state index contributed by atoms with van der Waals surface area (Å²) in [5.41, 5.74) is 4.01. The second-order valence-corrected chi connectivity index (χ2v) is 4.01. The van der Waals surface area contributed by atoms with Gasteiger partial charge in [-0.15, -0.1) is 11.8 Å². The first kappa shape index (κ1) is 7.25. The highest BCUT2D eigenvalue weighted by atomic mass is 32.2. The number of hydrogen-bond donors (Lipinski definition) is 2. The van der Waals surface area contributed by atoms with E-state index in [-0.39, 0.29) is 0 Å². The van der Waals surface area contributed by atoms with Gasteiger partial charge in [-0.25, -0.2) is 5.01 Å². The van der Waals surface area contributed by atoms with Crippen LogP contribution < -0.4 is 10.7 Å². The van der Waals surface area contributed by atoms with Crippen LogP contribution in [0.5, 0.6) is 0 Å². The molecule has 0 bridgehead atoms. The number of nitrogens with zero attached hydrogens (tertiary/aromatic N) is 3. The van der Waals surface area contributed by atoms with Crippen molar-refractivity contribution in [2.24, 2.45) is 10.2 Å². The quantitative estimate of drug-likeness (QED) is 0.557. The Bertz CT molecular complexity index is 332. The standard InChI is InChI=1S/C7H9N5S/c1-2-13-7-5(8-1)3-6-10-9-4-12(6)11-7/h3,8-9H,1-2,4H2. The lowest BCUT2D eigenvalue weighted by Gasteiger charge is -2.24. The second-order valence-electron chi connectivity index (χ2n) is 2.92. The molecule has 3 aliphatic heterocycles. The molecule has 3 aliphatic rings. The zero-order valence-corrected chi connectivity index (χ0v) is 7.77. The fraction of sp³-hybridized carbons (Fsp3) is 0.429. The maximum Gasteiger partial charge on any atom is 0.172 e. The third-order valence-electron chi connectivity index (χ3n) is 2.05. The van der Waals surface area contributed by atoms with Crippen molar-refractivity contribution in [3.63, 3.8) is 0 Å². The molecule has 0 unspecified atom stereocenters. The van der Waals surface area contributed by atoms with Crippen LogP contribution in [0.15, 0.2) is 22.0 Å². The largest absolute Gasteiger partial charge is 0.382 e. The van der Waals surface area contributed by atoms with Gasteiger partial charge in [-0.1, -0.05) is 0 Å². The Morgan fingerprint density at radius 1 is 1.54 bits per heavy atom. The summed E-state index contributed by atoms with van der Waals surface area (Å²) in [5, 5.41) is 14.8. The molecule has 1 saturated heterocycles. The topological polar surface area (TPSA) is 52.0 Å². The Labute approximate surface area is 79.9 Å². The summed E-state index contributed by atoms with van der Waals surface area (Å²) in [7, 11) is 0. The van der Waals surface area contributed by atoms with Crippen LogP contribution in [0.3, 0.4) is 0 Å². The van der Waals surface area contributed by atoms with E-state index in [9.17, 15) is 0 Å². The fourth-order valence-corrected chi connectivity index (χ4v) is 2.28. The summed E-state index contributed by atoms with van der Waals surface area (Å²) in [6.07, 6.45) is 2.04. The molecule has 13 heavy (non-hydrogen) atoms. The molecule has 0 saturated carbocycles. The van der Waals surface area contributed by atoms with Gasteiger partial charge in [-0.2, -0.15) is 10.2 Å². The van der Waals surface area contributed by atoms with Gasteiger partial charge in [0.25, 0.3) is 0 Å². The molecule has 0 aromatic rings. The van der Waals surface area contributed by atoms with Gasteiger partial charge in [0.05, 0.1) is 5.70 Å². The Kier molecular flexibility index (Phi) is 1.49. The molecule has 0 amide bonds. The molecule has 0 spiro atoms. The minimum absolute atomic E-state index is 0.684. The predicted octanol–water partition coefficient (Wildman–Crippen LogP) is -0.290. The molecule has 1 fully saturated rings. The molecular weight excluding hydrogens is 186 g/mol. The lowest BCUT2D eigenvalue weighted by atomic mass is 10.3. The first-order chi connectivity index (χ1) is 6.43. The molecule has 6 heteroatoms. The SMILES string of the molecule is C1=C2NCCSC2=NN2CNN=C12. The van der Waals surface area contributed by atoms with Gasteiger partial charge in [0, 0.05) is 18.4 Å². The minimum Gasteiger partial charge on any atom is -0.382 e. The van der Waals surface area contributed by atoms with E-state index in [4.69, 9.17) is 0 Å². The Hall–Kier alpha value is -1.17. The average molecular weight is 195 g/mol. The summed E-state index contributed by atoms with van der Waals surface area (Å²) >= 11 is 1.79. The highest BCUT2D eigenvalue weighted by Crippen LogP contribution is 2.21.